The molecular weight excluding hydrogens is 318 g/mol. The first-order valence-corrected chi connectivity index (χ1v) is 9.19. The first kappa shape index (κ1) is 17.1. The van der Waals surface area contributed by atoms with Gasteiger partial charge in [0.25, 0.3) is 0 Å². The molecule has 2 rings (SSSR count). The molecule has 0 bridgehead atoms. The van der Waals surface area contributed by atoms with Crippen LogP contribution in [0.25, 0.3) is 0 Å². The summed E-state index contributed by atoms with van der Waals surface area (Å²) in [6, 6.07) is 8.72. The third-order valence-corrected chi connectivity index (χ3v) is 3.51. The van der Waals surface area contributed by atoms with Gasteiger partial charge in [0.15, 0.2) is 0 Å². The van der Waals surface area contributed by atoms with Crippen molar-refractivity contribution >= 4 is 21.4 Å². The van der Waals surface area contributed by atoms with E-state index in [9.17, 15) is 9.00 Å². The van der Waals surface area contributed by atoms with Crippen LogP contribution >= 0.6 is 0 Å². The maximum absolute atomic E-state index is 11.7. The summed E-state index contributed by atoms with van der Waals surface area (Å²) in [5, 5.41) is 0. The summed E-state index contributed by atoms with van der Waals surface area (Å²) in [6.45, 7) is 1.92. The van der Waals surface area contributed by atoms with Crippen molar-refractivity contribution in [3.63, 3.8) is 0 Å². The topological polar surface area (TPSA) is 78.1 Å². The van der Waals surface area contributed by atoms with E-state index < -0.39 is 15.7 Å². The van der Waals surface area contributed by atoms with Crippen LogP contribution in [0, 0.1) is 6.92 Å². The van der Waals surface area contributed by atoms with Gasteiger partial charge in [-0.05, 0) is 25.1 Å². The largest absolute Gasteiger partial charge is 0.486 e. The molecule has 23 heavy (non-hydrogen) atoms. The van der Waals surface area contributed by atoms with Gasteiger partial charge in [0.05, 0.1) is 12.8 Å². The Kier molecular flexibility index (Phi) is 5.10. The molecule has 1 aromatic carbocycles. The zero-order valence-corrected chi connectivity index (χ0v) is 14.3. The highest BCUT2D eigenvalue weighted by atomic mass is 32.2. The van der Waals surface area contributed by atoms with E-state index in [0.29, 0.717) is 22.8 Å². The normalized spacial score (nSPS) is 11.1. The van der Waals surface area contributed by atoms with Crippen LogP contribution in [0.3, 0.4) is 0 Å². The van der Waals surface area contributed by atoms with Crippen molar-refractivity contribution in [3.05, 3.63) is 47.4 Å². The number of carbonyl (C=O) groups is 1. The van der Waals surface area contributed by atoms with Crippen LogP contribution in [-0.4, -0.2) is 29.8 Å². The zero-order chi connectivity index (χ0) is 17.0. The van der Waals surface area contributed by atoms with E-state index in [1.165, 1.54) is 7.11 Å². The molecule has 1 aromatic heterocycles. The van der Waals surface area contributed by atoms with Gasteiger partial charge in [-0.3, -0.25) is 0 Å². The Bertz CT molecular complexity index is 823. The average molecular weight is 337 g/mol. The number of carbonyl (C=O) groups excluding carboxylic acids is 1. The van der Waals surface area contributed by atoms with Gasteiger partial charge < -0.3 is 13.9 Å². The molecular formula is C16H19NO5S. The number of benzene rings is 1. The van der Waals surface area contributed by atoms with Crippen LogP contribution in [0.4, 0.5) is 5.69 Å². The fraction of sp³-hybridized carbons (Fsp3) is 0.312. The number of esters is 1. The van der Waals surface area contributed by atoms with E-state index in [1.807, 2.05) is 0 Å². The Morgan fingerprint density at radius 2 is 2.04 bits per heavy atom. The third-order valence-electron chi connectivity index (χ3n) is 2.86. The van der Waals surface area contributed by atoms with E-state index >= 15 is 0 Å². The number of rotatable bonds is 5. The summed E-state index contributed by atoms with van der Waals surface area (Å²) in [4.78, 5) is 11.5. The number of hydrogen-bond acceptors (Lipinski definition) is 6. The van der Waals surface area contributed by atoms with Crippen molar-refractivity contribution in [1.82, 2.24) is 0 Å². The maximum atomic E-state index is 11.7. The molecule has 0 fully saturated rings. The van der Waals surface area contributed by atoms with E-state index in [0.717, 1.165) is 0 Å². The molecule has 7 heteroatoms. The lowest BCUT2D eigenvalue weighted by Gasteiger charge is -2.05. The lowest BCUT2D eigenvalue weighted by Crippen LogP contribution is -2.00. The monoisotopic (exact) mass is 337 g/mol. The van der Waals surface area contributed by atoms with Gasteiger partial charge >= 0.3 is 5.97 Å². The summed E-state index contributed by atoms with van der Waals surface area (Å²) in [6.07, 6.45) is 3.14. The Morgan fingerprint density at radius 1 is 1.30 bits per heavy atom. The summed E-state index contributed by atoms with van der Waals surface area (Å²) >= 11 is 0. The molecule has 0 saturated carbocycles. The van der Waals surface area contributed by atoms with Gasteiger partial charge in [-0.1, -0.05) is 6.07 Å². The highest BCUT2D eigenvalue weighted by molar-refractivity contribution is 7.92. The van der Waals surface area contributed by atoms with Gasteiger partial charge in [0.2, 0.25) is 5.76 Å². The van der Waals surface area contributed by atoms with Crippen molar-refractivity contribution in [3.8, 4) is 5.75 Å². The Morgan fingerprint density at radius 3 is 2.70 bits per heavy atom. The Balaban J connectivity index is 2.11. The lowest BCUT2D eigenvalue weighted by molar-refractivity contribution is 0.0560. The lowest BCUT2D eigenvalue weighted by atomic mass is 10.2. The van der Waals surface area contributed by atoms with Gasteiger partial charge in [-0.15, -0.1) is 0 Å². The fourth-order valence-electron chi connectivity index (χ4n) is 1.95. The molecule has 0 radical (unpaired) electrons. The highest BCUT2D eigenvalue weighted by Gasteiger charge is 2.16. The number of ether oxygens (including phenoxy) is 2. The minimum absolute atomic E-state index is 0.162. The smallest absolute Gasteiger partial charge is 0.374 e. The van der Waals surface area contributed by atoms with Crippen molar-refractivity contribution in [2.45, 2.75) is 13.5 Å². The highest BCUT2D eigenvalue weighted by Crippen LogP contribution is 2.23. The van der Waals surface area contributed by atoms with Crippen LogP contribution in [0.5, 0.6) is 5.75 Å². The minimum atomic E-state index is -2.23. The van der Waals surface area contributed by atoms with E-state index in [1.54, 1.807) is 49.8 Å². The van der Waals surface area contributed by atoms with Crippen molar-refractivity contribution in [2.75, 3.05) is 19.6 Å². The number of aryl methyl sites for hydroxylation is 1. The first-order chi connectivity index (χ1) is 10.8. The summed E-state index contributed by atoms with van der Waals surface area (Å²) in [5.41, 5.74) is 1.28. The summed E-state index contributed by atoms with van der Waals surface area (Å²) in [7, 11) is -0.926. The van der Waals surface area contributed by atoms with Crippen LogP contribution in [-0.2, 0) is 21.1 Å². The number of furan rings is 1. The van der Waals surface area contributed by atoms with Gasteiger partial charge in [0, 0.05) is 33.9 Å². The molecule has 2 aromatic rings. The molecule has 0 aliphatic heterocycles. The molecule has 6 nitrogen and oxygen atoms in total. The standard InChI is InChI=1S/C16H19NO5S/c1-11-8-14(22-15(11)16(18)20-2)10-21-13-7-5-6-12(9-13)17-23(3,4)19/h5-9H,10H2,1-4H3. The van der Waals surface area contributed by atoms with E-state index in [2.05, 4.69) is 9.10 Å². The second kappa shape index (κ2) is 6.87. The molecule has 0 saturated heterocycles. The number of hydrogen-bond donors (Lipinski definition) is 0. The molecule has 0 aliphatic carbocycles. The predicted octanol–water partition coefficient (Wildman–Crippen LogP) is 3.31. The quantitative estimate of drug-likeness (QED) is 0.782. The molecule has 0 spiro atoms. The van der Waals surface area contributed by atoms with Gasteiger partial charge in [0.1, 0.15) is 18.1 Å². The molecule has 0 atom stereocenters. The molecule has 124 valence electrons. The van der Waals surface area contributed by atoms with Crippen molar-refractivity contribution < 1.29 is 22.9 Å². The molecule has 1 heterocycles. The van der Waals surface area contributed by atoms with E-state index in [4.69, 9.17) is 9.15 Å². The fourth-order valence-corrected chi connectivity index (χ4v) is 2.57. The second-order valence-electron chi connectivity index (χ2n) is 5.28. The minimum Gasteiger partial charge on any atom is -0.486 e. The molecule has 0 aliphatic rings. The molecule has 0 N–H and O–H groups in total. The second-order valence-corrected chi connectivity index (χ2v) is 7.82. The van der Waals surface area contributed by atoms with Crippen molar-refractivity contribution in [1.29, 1.82) is 0 Å². The van der Waals surface area contributed by atoms with Crippen LogP contribution in [0.2, 0.25) is 0 Å². The van der Waals surface area contributed by atoms with E-state index in [-0.39, 0.29) is 12.4 Å². The zero-order valence-electron chi connectivity index (χ0n) is 13.5. The Labute approximate surface area is 135 Å². The van der Waals surface area contributed by atoms with Gasteiger partial charge in [-0.25, -0.2) is 9.00 Å². The average Bonchev–Trinajstić information content (AvgIpc) is 2.84. The third kappa shape index (κ3) is 4.85. The Hall–Kier alpha value is -2.28. The number of nitrogens with zero attached hydrogens (tertiary/aromatic N) is 1. The van der Waals surface area contributed by atoms with Crippen LogP contribution in [0.15, 0.2) is 39.1 Å². The van der Waals surface area contributed by atoms with Gasteiger partial charge in [-0.2, -0.15) is 4.36 Å². The molecule has 0 unspecified atom stereocenters. The SMILES string of the molecule is COC(=O)c1oc(COc2cccc(N=S(C)(C)=O)c2)cc1C. The summed E-state index contributed by atoms with van der Waals surface area (Å²) < 4.78 is 31.5. The molecule has 0 amide bonds. The predicted molar refractivity (Wildman–Crippen MR) is 87.6 cm³/mol. The first-order valence-electron chi connectivity index (χ1n) is 6.86. The maximum Gasteiger partial charge on any atom is 0.374 e. The van der Waals surface area contributed by atoms with Crippen LogP contribution in [0.1, 0.15) is 21.9 Å². The number of methoxy groups -OCH3 is 1. The van der Waals surface area contributed by atoms with Crippen LogP contribution < -0.4 is 4.74 Å². The summed E-state index contributed by atoms with van der Waals surface area (Å²) in [5.74, 6) is 0.741. The van der Waals surface area contributed by atoms with Crippen molar-refractivity contribution in [2.24, 2.45) is 4.36 Å².